The SMILES string of the molecule is CN(CCc1ccncc1)C(=O)c1cc2cc(F)ccc2[nH]1. The highest BCUT2D eigenvalue weighted by atomic mass is 19.1. The lowest BCUT2D eigenvalue weighted by atomic mass is 10.2. The van der Waals surface area contributed by atoms with Crippen LogP contribution in [0.25, 0.3) is 10.9 Å². The zero-order valence-electron chi connectivity index (χ0n) is 12.2. The van der Waals surface area contributed by atoms with Crippen LogP contribution in [0.2, 0.25) is 0 Å². The number of aromatic nitrogens is 2. The average Bonchev–Trinajstić information content (AvgIpc) is 2.95. The van der Waals surface area contributed by atoms with Crippen LogP contribution in [-0.4, -0.2) is 34.4 Å². The van der Waals surface area contributed by atoms with Crippen LogP contribution in [0.4, 0.5) is 4.39 Å². The number of hydrogen-bond acceptors (Lipinski definition) is 2. The number of pyridine rings is 1. The normalized spacial score (nSPS) is 10.8. The van der Waals surface area contributed by atoms with Crippen molar-refractivity contribution in [1.82, 2.24) is 14.9 Å². The molecule has 0 bridgehead atoms. The van der Waals surface area contributed by atoms with Crippen LogP contribution >= 0.6 is 0 Å². The Balaban J connectivity index is 1.71. The van der Waals surface area contributed by atoms with Crippen molar-refractivity contribution in [2.24, 2.45) is 0 Å². The number of rotatable bonds is 4. The van der Waals surface area contributed by atoms with E-state index in [1.54, 1.807) is 36.5 Å². The van der Waals surface area contributed by atoms with Gasteiger partial charge in [0.25, 0.3) is 5.91 Å². The van der Waals surface area contributed by atoms with Crippen molar-refractivity contribution in [2.75, 3.05) is 13.6 Å². The Hall–Kier alpha value is -2.69. The second kappa shape index (κ2) is 5.97. The van der Waals surface area contributed by atoms with E-state index in [1.807, 2.05) is 12.1 Å². The molecule has 0 atom stereocenters. The number of fused-ring (bicyclic) bond motifs is 1. The van der Waals surface area contributed by atoms with Crippen LogP contribution in [0, 0.1) is 5.82 Å². The van der Waals surface area contributed by atoms with Crippen molar-refractivity contribution in [1.29, 1.82) is 0 Å². The van der Waals surface area contributed by atoms with E-state index in [-0.39, 0.29) is 11.7 Å². The fourth-order valence-corrected chi connectivity index (χ4v) is 2.37. The van der Waals surface area contributed by atoms with Gasteiger partial charge >= 0.3 is 0 Å². The van der Waals surface area contributed by atoms with E-state index in [2.05, 4.69) is 9.97 Å². The van der Waals surface area contributed by atoms with Gasteiger partial charge in [-0.2, -0.15) is 0 Å². The molecule has 1 N–H and O–H groups in total. The number of nitrogens with zero attached hydrogens (tertiary/aromatic N) is 2. The van der Waals surface area contributed by atoms with E-state index < -0.39 is 0 Å². The Morgan fingerprint density at radius 1 is 1.23 bits per heavy atom. The Labute approximate surface area is 127 Å². The molecule has 0 aliphatic heterocycles. The van der Waals surface area contributed by atoms with Crippen molar-refractivity contribution in [3.05, 3.63) is 65.9 Å². The molecule has 0 unspecified atom stereocenters. The number of H-pyrrole nitrogens is 1. The van der Waals surface area contributed by atoms with Crippen LogP contribution < -0.4 is 0 Å². The minimum Gasteiger partial charge on any atom is -0.351 e. The third kappa shape index (κ3) is 2.98. The van der Waals surface area contributed by atoms with Gasteiger partial charge in [-0.05, 0) is 48.4 Å². The first kappa shape index (κ1) is 14.3. The molecule has 22 heavy (non-hydrogen) atoms. The summed E-state index contributed by atoms with van der Waals surface area (Å²) in [7, 11) is 1.76. The van der Waals surface area contributed by atoms with E-state index in [4.69, 9.17) is 0 Å². The molecule has 5 heteroatoms. The van der Waals surface area contributed by atoms with Crippen LogP contribution in [0.3, 0.4) is 0 Å². The zero-order chi connectivity index (χ0) is 15.5. The number of likely N-dealkylation sites (N-methyl/N-ethyl adjacent to an activating group) is 1. The molecule has 0 aliphatic rings. The summed E-state index contributed by atoms with van der Waals surface area (Å²) in [5, 5.41) is 0.700. The smallest absolute Gasteiger partial charge is 0.270 e. The van der Waals surface area contributed by atoms with Gasteiger partial charge in [-0.15, -0.1) is 0 Å². The second-order valence-corrected chi connectivity index (χ2v) is 5.25. The molecule has 0 radical (unpaired) electrons. The first-order valence-corrected chi connectivity index (χ1v) is 7.06. The Morgan fingerprint density at radius 2 is 2.00 bits per heavy atom. The topological polar surface area (TPSA) is 49.0 Å². The lowest BCUT2D eigenvalue weighted by Gasteiger charge is -2.16. The van der Waals surface area contributed by atoms with Crippen molar-refractivity contribution < 1.29 is 9.18 Å². The fourth-order valence-electron chi connectivity index (χ4n) is 2.37. The summed E-state index contributed by atoms with van der Waals surface area (Å²) in [6, 6.07) is 9.98. The number of carbonyl (C=O) groups excluding carboxylic acids is 1. The summed E-state index contributed by atoms with van der Waals surface area (Å²) in [6.07, 6.45) is 4.24. The fraction of sp³-hybridized carbons (Fsp3) is 0.176. The number of hydrogen-bond donors (Lipinski definition) is 1. The highest BCUT2D eigenvalue weighted by Crippen LogP contribution is 2.17. The van der Waals surface area contributed by atoms with Crippen molar-refractivity contribution in [2.45, 2.75) is 6.42 Å². The third-order valence-corrected chi connectivity index (χ3v) is 3.65. The van der Waals surface area contributed by atoms with Crippen molar-refractivity contribution in [3.63, 3.8) is 0 Å². The summed E-state index contributed by atoms with van der Waals surface area (Å²) in [5.41, 5.74) is 2.36. The van der Waals surface area contributed by atoms with E-state index in [0.29, 0.717) is 17.6 Å². The van der Waals surface area contributed by atoms with E-state index in [0.717, 1.165) is 17.5 Å². The summed E-state index contributed by atoms with van der Waals surface area (Å²) in [6.45, 7) is 0.604. The molecule has 0 saturated heterocycles. The molecular weight excluding hydrogens is 281 g/mol. The van der Waals surface area contributed by atoms with Crippen LogP contribution in [0.5, 0.6) is 0 Å². The highest BCUT2D eigenvalue weighted by Gasteiger charge is 2.14. The molecule has 2 aromatic heterocycles. The molecule has 3 rings (SSSR count). The molecular formula is C17H16FN3O. The summed E-state index contributed by atoms with van der Waals surface area (Å²) >= 11 is 0. The van der Waals surface area contributed by atoms with Crippen molar-refractivity contribution >= 4 is 16.8 Å². The molecule has 0 aliphatic carbocycles. The van der Waals surface area contributed by atoms with E-state index >= 15 is 0 Å². The molecule has 0 saturated carbocycles. The van der Waals surface area contributed by atoms with Crippen LogP contribution in [0.1, 0.15) is 16.1 Å². The molecule has 4 nitrogen and oxygen atoms in total. The summed E-state index contributed by atoms with van der Waals surface area (Å²) < 4.78 is 13.2. The van der Waals surface area contributed by atoms with Gasteiger partial charge in [-0.25, -0.2) is 4.39 Å². The van der Waals surface area contributed by atoms with Gasteiger partial charge in [0.15, 0.2) is 0 Å². The van der Waals surface area contributed by atoms with Crippen LogP contribution in [0.15, 0.2) is 48.8 Å². The second-order valence-electron chi connectivity index (χ2n) is 5.25. The van der Waals surface area contributed by atoms with Gasteiger partial charge in [0, 0.05) is 36.9 Å². The average molecular weight is 297 g/mol. The van der Waals surface area contributed by atoms with Gasteiger partial charge < -0.3 is 9.88 Å². The molecule has 112 valence electrons. The molecule has 2 heterocycles. The quantitative estimate of drug-likeness (QED) is 0.804. The zero-order valence-corrected chi connectivity index (χ0v) is 12.2. The standard InChI is InChI=1S/C17H16FN3O/c1-21(9-6-12-4-7-19-8-5-12)17(22)16-11-13-10-14(18)2-3-15(13)20-16/h2-5,7-8,10-11,20H,6,9H2,1H3. The van der Waals surface area contributed by atoms with E-state index in [9.17, 15) is 9.18 Å². The van der Waals surface area contributed by atoms with Crippen molar-refractivity contribution in [3.8, 4) is 0 Å². The maximum atomic E-state index is 13.2. The molecule has 0 spiro atoms. The van der Waals surface area contributed by atoms with Gasteiger partial charge in [0.1, 0.15) is 11.5 Å². The monoisotopic (exact) mass is 297 g/mol. The lowest BCUT2D eigenvalue weighted by molar-refractivity contribution is 0.0792. The minimum absolute atomic E-state index is 0.106. The first-order valence-electron chi connectivity index (χ1n) is 7.06. The molecule has 0 fully saturated rings. The van der Waals surface area contributed by atoms with E-state index in [1.165, 1.54) is 12.1 Å². The Bertz CT molecular complexity index is 798. The van der Waals surface area contributed by atoms with Gasteiger partial charge in [-0.1, -0.05) is 0 Å². The largest absolute Gasteiger partial charge is 0.351 e. The number of nitrogens with one attached hydrogen (secondary N) is 1. The number of carbonyl (C=O) groups is 1. The Morgan fingerprint density at radius 3 is 2.77 bits per heavy atom. The van der Waals surface area contributed by atoms with Crippen LogP contribution in [-0.2, 0) is 6.42 Å². The number of amides is 1. The molecule has 1 amide bonds. The van der Waals surface area contributed by atoms with Gasteiger partial charge in [0.05, 0.1) is 0 Å². The third-order valence-electron chi connectivity index (χ3n) is 3.65. The summed E-state index contributed by atoms with van der Waals surface area (Å²) in [4.78, 5) is 21.1. The van der Waals surface area contributed by atoms with Gasteiger partial charge in [0.2, 0.25) is 0 Å². The Kier molecular flexibility index (Phi) is 3.87. The van der Waals surface area contributed by atoms with Gasteiger partial charge in [-0.3, -0.25) is 9.78 Å². The number of halogens is 1. The lowest BCUT2D eigenvalue weighted by Crippen LogP contribution is -2.29. The highest BCUT2D eigenvalue weighted by molar-refractivity contribution is 5.97. The predicted octanol–water partition coefficient (Wildman–Crippen LogP) is 3.02. The maximum Gasteiger partial charge on any atom is 0.270 e. The maximum absolute atomic E-state index is 13.2. The number of aromatic amines is 1. The first-order chi connectivity index (χ1) is 10.6. The molecule has 3 aromatic rings. The summed E-state index contributed by atoms with van der Waals surface area (Å²) in [5.74, 6) is -0.415. The minimum atomic E-state index is -0.309. The molecule has 1 aromatic carbocycles. The predicted molar refractivity (Wildman–Crippen MR) is 83.2 cm³/mol. The number of benzene rings is 1.